The lowest BCUT2D eigenvalue weighted by atomic mass is 10.0. The number of aliphatic hydroxyl groups excluding tert-OH is 1. The third kappa shape index (κ3) is 9.21. The smallest absolute Gasteiger partial charge is 0.258 e. The van der Waals surface area contributed by atoms with E-state index in [9.17, 15) is 18.3 Å². The maximum absolute atomic E-state index is 14.1. The molecule has 12 heteroatoms. The summed E-state index contributed by atoms with van der Waals surface area (Å²) in [6.07, 6.45) is 3.22. The van der Waals surface area contributed by atoms with E-state index in [0.717, 1.165) is 42.6 Å². The Labute approximate surface area is 255 Å². The van der Waals surface area contributed by atoms with Crippen molar-refractivity contribution in [3.63, 3.8) is 0 Å². The van der Waals surface area contributed by atoms with Gasteiger partial charge in [-0.2, -0.15) is 0 Å². The Morgan fingerprint density at radius 3 is 2.58 bits per heavy atom. The predicted octanol–water partition coefficient (Wildman–Crippen LogP) is 3.71. The van der Waals surface area contributed by atoms with Gasteiger partial charge in [-0.3, -0.25) is 14.4 Å². The SMILES string of the molecule is C[C@@H]1CCCCO[C@H](CN(C)Cc2ccc3c(c2)OCO3)[C@H](C)CN([C@H](C)CO)C(=O)c2cc(NS(C)(=O)=O)ccc2O1. The normalized spacial score (nSPS) is 22.4. The van der Waals surface area contributed by atoms with Gasteiger partial charge in [0.05, 0.1) is 36.7 Å². The summed E-state index contributed by atoms with van der Waals surface area (Å²) in [4.78, 5) is 17.9. The number of hydrogen-bond acceptors (Lipinski definition) is 9. The average molecular weight is 620 g/mol. The number of rotatable bonds is 8. The number of ether oxygens (including phenoxy) is 4. The van der Waals surface area contributed by atoms with Crippen molar-refractivity contribution in [1.82, 2.24) is 9.80 Å². The number of carbonyl (C=O) groups excluding carboxylic acids is 1. The first kappa shape index (κ1) is 32.8. The monoisotopic (exact) mass is 619 g/mol. The van der Waals surface area contributed by atoms with Crippen molar-refractivity contribution >= 4 is 21.6 Å². The van der Waals surface area contributed by atoms with E-state index >= 15 is 0 Å². The third-order valence-electron chi connectivity index (χ3n) is 7.74. The molecule has 2 aromatic carbocycles. The minimum absolute atomic E-state index is 0.0827. The predicted molar refractivity (Wildman–Crippen MR) is 164 cm³/mol. The van der Waals surface area contributed by atoms with Crippen LogP contribution in [0.2, 0.25) is 0 Å². The molecule has 2 aliphatic rings. The van der Waals surface area contributed by atoms with Gasteiger partial charge in [0.1, 0.15) is 5.75 Å². The van der Waals surface area contributed by atoms with Crippen molar-refractivity contribution in [1.29, 1.82) is 0 Å². The Morgan fingerprint density at radius 1 is 1.09 bits per heavy atom. The zero-order valence-electron chi connectivity index (χ0n) is 25.7. The molecule has 4 atom stereocenters. The standard InChI is InChI=1S/C31H45N3O8S/c1-21-16-34(22(2)19-35)31(36)26-15-25(32-43(5,37)38)10-12-27(26)42-23(3)8-6-7-13-39-30(21)18-33(4)17-24-9-11-28-29(14-24)41-20-40-28/h9-12,14-15,21-23,30,32,35H,6-8,13,16-20H2,1-5H3/t21-,22-,23-,30-/m1/s1. The third-order valence-corrected chi connectivity index (χ3v) is 8.34. The maximum Gasteiger partial charge on any atom is 0.258 e. The Bertz CT molecular complexity index is 1350. The fourth-order valence-electron chi connectivity index (χ4n) is 5.39. The number of nitrogens with one attached hydrogen (secondary N) is 1. The number of hydrogen-bond donors (Lipinski definition) is 2. The highest BCUT2D eigenvalue weighted by molar-refractivity contribution is 7.92. The molecule has 2 N–H and O–H groups in total. The Morgan fingerprint density at radius 2 is 1.84 bits per heavy atom. The number of fused-ring (bicyclic) bond motifs is 2. The van der Waals surface area contributed by atoms with Gasteiger partial charge in [-0.05, 0) is 76.1 Å². The van der Waals surface area contributed by atoms with Crippen LogP contribution in [0.1, 0.15) is 56.0 Å². The first-order valence-electron chi connectivity index (χ1n) is 14.8. The molecule has 0 aromatic heterocycles. The Balaban J connectivity index is 1.59. The quantitative estimate of drug-likeness (QED) is 0.455. The molecule has 4 rings (SSSR count). The molecule has 238 valence electrons. The van der Waals surface area contributed by atoms with E-state index in [2.05, 4.69) is 16.5 Å². The Hall–Kier alpha value is -3.06. The van der Waals surface area contributed by atoms with E-state index in [1.54, 1.807) is 24.0 Å². The summed E-state index contributed by atoms with van der Waals surface area (Å²) in [6, 6.07) is 10.2. The molecule has 1 amide bonds. The van der Waals surface area contributed by atoms with Gasteiger partial charge in [-0.15, -0.1) is 0 Å². The van der Waals surface area contributed by atoms with Gasteiger partial charge < -0.3 is 29.0 Å². The van der Waals surface area contributed by atoms with Crippen molar-refractivity contribution in [3.8, 4) is 17.2 Å². The van der Waals surface area contributed by atoms with Crippen molar-refractivity contribution < 1.29 is 37.3 Å². The van der Waals surface area contributed by atoms with Gasteiger partial charge >= 0.3 is 0 Å². The number of nitrogens with zero attached hydrogens (tertiary/aromatic N) is 2. The molecular weight excluding hydrogens is 574 g/mol. The molecule has 0 unspecified atom stereocenters. The van der Waals surface area contributed by atoms with Crippen LogP contribution in [0.15, 0.2) is 36.4 Å². The second-order valence-electron chi connectivity index (χ2n) is 11.8. The largest absolute Gasteiger partial charge is 0.490 e. The van der Waals surface area contributed by atoms with Gasteiger partial charge in [0, 0.05) is 37.8 Å². The van der Waals surface area contributed by atoms with Gasteiger partial charge in [0.15, 0.2) is 11.5 Å². The van der Waals surface area contributed by atoms with E-state index in [0.29, 0.717) is 32.0 Å². The summed E-state index contributed by atoms with van der Waals surface area (Å²) in [7, 11) is -1.52. The number of benzene rings is 2. The number of amides is 1. The maximum atomic E-state index is 14.1. The lowest BCUT2D eigenvalue weighted by Crippen LogP contribution is -2.47. The van der Waals surface area contributed by atoms with Crippen LogP contribution in [-0.4, -0.2) is 93.9 Å². The minimum atomic E-state index is -3.56. The highest BCUT2D eigenvalue weighted by Gasteiger charge is 2.30. The van der Waals surface area contributed by atoms with Crippen LogP contribution >= 0.6 is 0 Å². The summed E-state index contributed by atoms with van der Waals surface area (Å²) in [6.45, 7) is 8.00. The highest BCUT2D eigenvalue weighted by Crippen LogP contribution is 2.33. The molecule has 2 heterocycles. The minimum Gasteiger partial charge on any atom is -0.490 e. The van der Waals surface area contributed by atoms with E-state index in [1.165, 1.54) is 6.07 Å². The number of carbonyl (C=O) groups is 1. The first-order chi connectivity index (χ1) is 20.4. The lowest BCUT2D eigenvalue weighted by Gasteiger charge is -2.36. The van der Waals surface area contributed by atoms with Crippen LogP contribution < -0.4 is 18.9 Å². The molecule has 0 bridgehead atoms. The van der Waals surface area contributed by atoms with Gasteiger partial charge in [-0.25, -0.2) is 8.42 Å². The zero-order chi connectivity index (χ0) is 31.1. The first-order valence-corrected chi connectivity index (χ1v) is 16.7. The zero-order valence-corrected chi connectivity index (χ0v) is 26.6. The van der Waals surface area contributed by atoms with Crippen LogP contribution in [-0.2, 0) is 21.3 Å². The molecule has 0 saturated carbocycles. The van der Waals surface area contributed by atoms with Crippen molar-refractivity contribution in [3.05, 3.63) is 47.5 Å². The molecule has 11 nitrogen and oxygen atoms in total. The van der Waals surface area contributed by atoms with E-state index in [-0.39, 0.29) is 48.7 Å². The average Bonchev–Trinajstić information content (AvgIpc) is 3.41. The summed E-state index contributed by atoms with van der Waals surface area (Å²) < 4.78 is 49.9. The van der Waals surface area contributed by atoms with Gasteiger partial charge in [-0.1, -0.05) is 13.0 Å². The van der Waals surface area contributed by atoms with E-state index in [4.69, 9.17) is 18.9 Å². The fraction of sp³-hybridized carbons (Fsp3) is 0.581. The Kier molecular flexibility index (Phi) is 11.2. The lowest BCUT2D eigenvalue weighted by molar-refractivity contribution is -0.0177. The van der Waals surface area contributed by atoms with Crippen LogP contribution in [0.3, 0.4) is 0 Å². The number of aliphatic hydroxyl groups is 1. The van der Waals surface area contributed by atoms with Crippen LogP contribution in [0, 0.1) is 5.92 Å². The molecule has 43 heavy (non-hydrogen) atoms. The second-order valence-corrected chi connectivity index (χ2v) is 13.5. The van der Waals surface area contributed by atoms with Crippen LogP contribution in [0.5, 0.6) is 17.2 Å². The molecule has 2 aliphatic heterocycles. The molecular formula is C31H45N3O8S. The van der Waals surface area contributed by atoms with E-state index in [1.807, 2.05) is 32.2 Å². The van der Waals surface area contributed by atoms with Crippen LogP contribution in [0.25, 0.3) is 0 Å². The van der Waals surface area contributed by atoms with Crippen molar-refractivity contribution in [2.24, 2.45) is 5.92 Å². The van der Waals surface area contributed by atoms with Crippen molar-refractivity contribution in [2.45, 2.75) is 64.8 Å². The number of anilines is 1. The fourth-order valence-corrected chi connectivity index (χ4v) is 5.94. The molecule has 0 saturated heterocycles. The highest BCUT2D eigenvalue weighted by atomic mass is 32.2. The topological polar surface area (TPSA) is 127 Å². The second kappa shape index (κ2) is 14.6. The van der Waals surface area contributed by atoms with Crippen molar-refractivity contribution in [2.75, 3.05) is 51.1 Å². The number of sulfonamides is 1. The number of likely N-dealkylation sites (N-methyl/N-ethyl adjacent to an activating group) is 1. The van der Waals surface area contributed by atoms with Crippen LogP contribution in [0.4, 0.5) is 5.69 Å². The van der Waals surface area contributed by atoms with Gasteiger partial charge in [0.25, 0.3) is 5.91 Å². The molecule has 0 spiro atoms. The molecule has 0 fully saturated rings. The van der Waals surface area contributed by atoms with E-state index < -0.39 is 16.1 Å². The molecule has 0 aliphatic carbocycles. The molecule has 2 aromatic rings. The van der Waals surface area contributed by atoms with Gasteiger partial charge in [0.2, 0.25) is 16.8 Å². The summed E-state index contributed by atoms with van der Waals surface area (Å²) in [5.74, 6) is 1.44. The summed E-state index contributed by atoms with van der Waals surface area (Å²) >= 11 is 0. The summed E-state index contributed by atoms with van der Waals surface area (Å²) in [5.41, 5.74) is 1.60. The summed E-state index contributed by atoms with van der Waals surface area (Å²) in [5, 5.41) is 10.1. The molecule has 0 radical (unpaired) electrons.